The van der Waals surface area contributed by atoms with E-state index in [4.69, 9.17) is 23.7 Å². The Bertz CT molecular complexity index is 1620. The molecule has 0 spiro atoms. The van der Waals surface area contributed by atoms with Crippen molar-refractivity contribution in [1.82, 2.24) is 0 Å². The van der Waals surface area contributed by atoms with Crippen LogP contribution in [0.2, 0.25) is 0 Å². The number of halogens is 1. The van der Waals surface area contributed by atoms with Gasteiger partial charge in [0.25, 0.3) is 0 Å². The van der Waals surface area contributed by atoms with Crippen molar-refractivity contribution in [3.8, 4) is 11.5 Å². The SMILES string of the molecule is C=CCC.C=CC[C@@H]1[C@H]2c3cccc(CCCC(=O)OC)c3O[C@H]2C[C@H]1OC(C)=O.COC(=O)CCCc1cccc(Br)c1O[C@@H]1C=C[C@H](OC(C)=O)C1. The van der Waals surface area contributed by atoms with Crippen molar-refractivity contribution in [1.29, 1.82) is 0 Å². The van der Waals surface area contributed by atoms with Crippen molar-refractivity contribution in [3.63, 3.8) is 0 Å². The topological polar surface area (TPSA) is 124 Å². The molecule has 0 N–H and O–H groups in total. The highest BCUT2D eigenvalue weighted by molar-refractivity contribution is 9.10. The number of ether oxygens (including phenoxy) is 6. The van der Waals surface area contributed by atoms with Crippen molar-refractivity contribution in [2.24, 2.45) is 5.92 Å². The van der Waals surface area contributed by atoms with Gasteiger partial charge in [-0.05, 0) is 83.8 Å². The number of methoxy groups -OCH3 is 2. The van der Waals surface area contributed by atoms with Gasteiger partial charge in [0.05, 0.1) is 18.7 Å². The fourth-order valence-corrected chi connectivity index (χ4v) is 7.42. The van der Waals surface area contributed by atoms with E-state index in [0.717, 1.165) is 52.8 Å². The first-order valence-electron chi connectivity index (χ1n) is 18.6. The fourth-order valence-electron chi connectivity index (χ4n) is 6.91. The van der Waals surface area contributed by atoms with Crippen LogP contribution in [0.5, 0.6) is 11.5 Å². The molecule has 3 aliphatic rings. The maximum absolute atomic E-state index is 11.4. The first-order chi connectivity index (χ1) is 25.9. The van der Waals surface area contributed by atoms with E-state index in [9.17, 15) is 19.2 Å². The molecule has 11 heteroatoms. The van der Waals surface area contributed by atoms with Gasteiger partial charge >= 0.3 is 23.9 Å². The molecule has 5 rings (SSSR count). The predicted molar refractivity (Wildman–Crippen MR) is 210 cm³/mol. The molecule has 54 heavy (non-hydrogen) atoms. The average molecular weight is 812 g/mol. The summed E-state index contributed by atoms with van der Waals surface area (Å²) in [6, 6.07) is 12.1. The molecule has 0 saturated heterocycles. The molecule has 294 valence electrons. The molecule has 0 radical (unpaired) electrons. The van der Waals surface area contributed by atoms with Gasteiger partial charge in [0.1, 0.15) is 35.9 Å². The van der Waals surface area contributed by atoms with Gasteiger partial charge < -0.3 is 28.4 Å². The van der Waals surface area contributed by atoms with Crippen molar-refractivity contribution in [3.05, 3.63) is 95.0 Å². The highest BCUT2D eigenvalue weighted by Gasteiger charge is 2.51. The summed E-state index contributed by atoms with van der Waals surface area (Å²) in [5, 5.41) is 0. The molecule has 2 aromatic carbocycles. The molecule has 6 atom stereocenters. The predicted octanol–water partition coefficient (Wildman–Crippen LogP) is 8.72. The van der Waals surface area contributed by atoms with Crippen LogP contribution in [0.4, 0.5) is 0 Å². The third kappa shape index (κ3) is 13.2. The quantitative estimate of drug-likeness (QED) is 0.0981. The van der Waals surface area contributed by atoms with Gasteiger partial charge in [-0.25, -0.2) is 0 Å². The molecular formula is C43H55BrO10. The summed E-state index contributed by atoms with van der Waals surface area (Å²) < 4.78 is 33.3. The number of benzene rings is 2. The van der Waals surface area contributed by atoms with E-state index in [0.29, 0.717) is 38.5 Å². The summed E-state index contributed by atoms with van der Waals surface area (Å²) in [6.45, 7) is 12.3. The van der Waals surface area contributed by atoms with E-state index in [-0.39, 0.29) is 60.1 Å². The summed E-state index contributed by atoms with van der Waals surface area (Å²) in [5.41, 5.74) is 3.34. The number of esters is 4. The maximum Gasteiger partial charge on any atom is 0.305 e. The summed E-state index contributed by atoms with van der Waals surface area (Å²) in [7, 11) is 2.80. The zero-order valence-electron chi connectivity index (χ0n) is 32.2. The zero-order valence-corrected chi connectivity index (χ0v) is 33.8. The molecule has 0 aromatic heterocycles. The number of para-hydroxylation sites is 2. The van der Waals surface area contributed by atoms with Crippen LogP contribution >= 0.6 is 15.9 Å². The Kier molecular flexibility index (Phi) is 18.5. The normalized spacial score (nSPS) is 21.4. The van der Waals surface area contributed by atoms with E-state index in [1.165, 1.54) is 33.6 Å². The smallest absolute Gasteiger partial charge is 0.305 e. The van der Waals surface area contributed by atoms with Crippen molar-refractivity contribution in [2.45, 2.75) is 115 Å². The lowest BCUT2D eigenvalue weighted by Crippen LogP contribution is -2.23. The van der Waals surface area contributed by atoms with Crippen molar-refractivity contribution < 1.29 is 47.6 Å². The van der Waals surface area contributed by atoms with Gasteiger partial charge in [-0.2, -0.15) is 0 Å². The molecule has 0 amide bonds. The summed E-state index contributed by atoms with van der Waals surface area (Å²) in [6.07, 6.45) is 13.9. The lowest BCUT2D eigenvalue weighted by atomic mass is 9.85. The monoisotopic (exact) mass is 810 g/mol. The number of aryl methyl sites for hydroxylation is 2. The van der Waals surface area contributed by atoms with Crippen LogP contribution in [0.15, 0.2) is 78.3 Å². The van der Waals surface area contributed by atoms with Gasteiger partial charge in [-0.3, -0.25) is 19.2 Å². The Morgan fingerprint density at radius 2 is 1.43 bits per heavy atom. The van der Waals surface area contributed by atoms with Crippen molar-refractivity contribution in [2.75, 3.05) is 14.2 Å². The molecule has 10 nitrogen and oxygen atoms in total. The van der Waals surface area contributed by atoms with E-state index in [1.807, 2.05) is 48.6 Å². The molecule has 1 heterocycles. The largest absolute Gasteiger partial charge is 0.489 e. The van der Waals surface area contributed by atoms with E-state index >= 15 is 0 Å². The van der Waals surface area contributed by atoms with E-state index < -0.39 is 0 Å². The van der Waals surface area contributed by atoms with Gasteiger partial charge in [0, 0.05) is 56.9 Å². The Morgan fingerprint density at radius 1 is 0.833 bits per heavy atom. The molecular weight excluding hydrogens is 756 g/mol. The third-order valence-electron chi connectivity index (χ3n) is 9.35. The maximum atomic E-state index is 11.4. The first kappa shape index (κ1) is 44.0. The molecule has 2 aromatic rings. The van der Waals surface area contributed by atoms with Crippen LogP contribution < -0.4 is 9.47 Å². The standard InChI is InChI=1S/C21H26O5.C18H21BrO5.C4H8/c1-4-7-15-17(25-13(2)22)12-18-20(15)16-10-5-8-14(21(16)26-18)9-6-11-19(23)24-3;1-12(20)23-14-9-10-15(11-14)24-18-13(5-3-7-16(18)19)6-4-8-17(21)22-2;1-3-4-2/h4-5,8,10,15,17-18,20H,1,6-7,9,11-12H2,2-3H3;3,5,7,9-10,14-15H,4,6,8,11H2,1-2H3;3H,1,4H2,2H3/t15-,17+,18-,20-;14-,15+;/m00./s1. The van der Waals surface area contributed by atoms with Gasteiger partial charge in [0.15, 0.2) is 0 Å². The minimum absolute atomic E-state index is 0.0288. The minimum Gasteiger partial charge on any atom is -0.489 e. The molecule has 1 saturated carbocycles. The summed E-state index contributed by atoms with van der Waals surface area (Å²) in [4.78, 5) is 45.0. The average Bonchev–Trinajstić information content (AvgIpc) is 3.84. The van der Waals surface area contributed by atoms with E-state index in [1.54, 1.807) is 0 Å². The van der Waals surface area contributed by atoms with Crippen LogP contribution in [0, 0.1) is 5.92 Å². The number of carbonyl (C=O) groups excluding carboxylic acids is 4. The molecule has 2 aliphatic carbocycles. The summed E-state index contributed by atoms with van der Waals surface area (Å²) >= 11 is 3.52. The van der Waals surface area contributed by atoms with Gasteiger partial charge in [-0.1, -0.05) is 49.4 Å². The van der Waals surface area contributed by atoms with Crippen LogP contribution in [-0.2, 0) is 51.0 Å². The Balaban J connectivity index is 0.000000265. The number of carbonyl (C=O) groups is 4. The summed E-state index contributed by atoms with van der Waals surface area (Å²) in [5.74, 6) is 1.17. The van der Waals surface area contributed by atoms with Gasteiger partial charge in [-0.15, -0.1) is 13.2 Å². The minimum atomic E-state index is -0.297. The lowest BCUT2D eigenvalue weighted by Gasteiger charge is -2.22. The Hall–Kier alpha value is -4.38. The Morgan fingerprint density at radius 3 is 2.02 bits per heavy atom. The van der Waals surface area contributed by atoms with Crippen molar-refractivity contribution >= 4 is 39.8 Å². The van der Waals surface area contributed by atoms with Crippen LogP contribution in [-0.4, -0.2) is 62.5 Å². The van der Waals surface area contributed by atoms with E-state index in [2.05, 4.69) is 52.9 Å². The molecule has 1 aliphatic heterocycles. The molecule has 0 bridgehead atoms. The first-order valence-corrected chi connectivity index (χ1v) is 19.4. The number of hydrogen-bond donors (Lipinski definition) is 0. The third-order valence-corrected chi connectivity index (χ3v) is 9.98. The number of allylic oxidation sites excluding steroid dienone is 2. The second kappa shape index (κ2) is 22.7. The van der Waals surface area contributed by atoms with Crippen LogP contribution in [0.3, 0.4) is 0 Å². The number of rotatable bonds is 15. The lowest BCUT2D eigenvalue weighted by molar-refractivity contribution is -0.148. The Labute approximate surface area is 328 Å². The molecule has 1 fully saturated rings. The second-order valence-electron chi connectivity index (χ2n) is 13.3. The molecule has 0 unspecified atom stereocenters. The van der Waals surface area contributed by atoms with Crippen LogP contribution in [0.1, 0.15) is 94.7 Å². The number of fused-ring (bicyclic) bond motifs is 3. The zero-order chi connectivity index (χ0) is 39.6. The highest BCUT2D eigenvalue weighted by atomic mass is 79.9. The highest BCUT2D eigenvalue weighted by Crippen LogP contribution is 2.53. The fraction of sp³-hybridized carbons (Fsp3) is 0.488. The van der Waals surface area contributed by atoms with Crippen LogP contribution in [0.25, 0.3) is 0 Å². The number of hydrogen-bond acceptors (Lipinski definition) is 10. The second-order valence-corrected chi connectivity index (χ2v) is 14.2. The van der Waals surface area contributed by atoms with Gasteiger partial charge in [0.2, 0.25) is 0 Å².